The Balaban J connectivity index is 2.38. The second-order valence-corrected chi connectivity index (χ2v) is 5.01. The number of aliphatic imine (C=N–C) groups is 1. The molecule has 0 fully saturated rings. The highest BCUT2D eigenvalue weighted by Crippen LogP contribution is 2.21. The predicted molar refractivity (Wildman–Crippen MR) is 81.6 cm³/mol. The highest BCUT2D eigenvalue weighted by Gasteiger charge is 2.01. The van der Waals surface area contributed by atoms with Crippen LogP contribution in [0.15, 0.2) is 46.3 Å². The van der Waals surface area contributed by atoms with Crippen molar-refractivity contribution in [1.82, 2.24) is 0 Å². The van der Waals surface area contributed by atoms with Crippen molar-refractivity contribution in [3.05, 3.63) is 58.7 Å². The van der Waals surface area contributed by atoms with Gasteiger partial charge in [-0.1, -0.05) is 29.8 Å². The zero-order chi connectivity index (χ0) is 13.1. The van der Waals surface area contributed by atoms with Crippen molar-refractivity contribution in [3.63, 3.8) is 0 Å². The molecule has 18 heavy (non-hydrogen) atoms. The summed E-state index contributed by atoms with van der Waals surface area (Å²) in [5.74, 6) is 0. The number of hydrogen-bond acceptors (Lipinski definition) is 2. The summed E-state index contributed by atoms with van der Waals surface area (Å²) in [5.41, 5.74) is 5.67. The van der Waals surface area contributed by atoms with Gasteiger partial charge in [-0.05, 0) is 44.0 Å². The van der Waals surface area contributed by atoms with Gasteiger partial charge in [0.25, 0.3) is 0 Å². The molecule has 0 aromatic heterocycles. The van der Waals surface area contributed by atoms with Gasteiger partial charge in [0.05, 0.1) is 5.69 Å². The monoisotopic (exact) mass is 255 g/mol. The molecule has 1 nitrogen and oxygen atoms in total. The number of thiol groups is 1. The van der Waals surface area contributed by atoms with Crippen LogP contribution < -0.4 is 0 Å². The third-order valence-electron chi connectivity index (χ3n) is 2.93. The lowest BCUT2D eigenvalue weighted by atomic mass is 10.1. The smallest absolute Gasteiger partial charge is 0.0659 e. The van der Waals surface area contributed by atoms with E-state index in [0.29, 0.717) is 0 Å². The molecule has 2 aromatic rings. The van der Waals surface area contributed by atoms with E-state index in [2.05, 4.69) is 56.6 Å². The Hall–Kier alpha value is -1.54. The lowest BCUT2D eigenvalue weighted by Gasteiger charge is -2.05. The van der Waals surface area contributed by atoms with E-state index >= 15 is 0 Å². The van der Waals surface area contributed by atoms with Gasteiger partial charge in [-0.15, -0.1) is 12.6 Å². The van der Waals surface area contributed by atoms with Crippen LogP contribution in [0.3, 0.4) is 0 Å². The minimum absolute atomic E-state index is 0.998. The maximum Gasteiger partial charge on any atom is 0.0659 e. The molecule has 0 N–H and O–H groups in total. The zero-order valence-corrected chi connectivity index (χ0v) is 11.8. The van der Waals surface area contributed by atoms with Crippen LogP contribution in [-0.2, 0) is 0 Å². The average molecular weight is 255 g/mol. The lowest BCUT2D eigenvalue weighted by molar-refractivity contribution is 1.25. The Morgan fingerprint density at radius 3 is 2.44 bits per heavy atom. The molecule has 2 heteroatoms. The van der Waals surface area contributed by atoms with E-state index < -0.39 is 0 Å². The van der Waals surface area contributed by atoms with Crippen LogP contribution in [0.5, 0.6) is 0 Å². The third kappa shape index (κ3) is 2.82. The van der Waals surface area contributed by atoms with E-state index in [1.165, 1.54) is 16.7 Å². The summed E-state index contributed by atoms with van der Waals surface area (Å²) >= 11 is 4.54. The van der Waals surface area contributed by atoms with Crippen LogP contribution in [0.1, 0.15) is 22.3 Å². The molecule has 92 valence electrons. The SMILES string of the molecule is Cc1cc(C)c(S)c(C=Nc2ccccc2C)c1. The highest BCUT2D eigenvalue weighted by atomic mass is 32.1. The Bertz CT molecular complexity index is 600. The van der Waals surface area contributed by atoms with E-state index in [4.69, 9.17) is 0 Å². The Morgan fingerprint density at radius 1 is 1.00 bits per heavy atom. The van der Waals surface area contributed by atoms with Crippen molar-refractivity contribution in [3.8, 4) is 0 Å². The number of para-hydroxylation sites is 1. The Labute approximate surface area is 114 Å². The fourth-order valence-corrected chi connectivity index (χ4v) is 2.13. The first kappa shape index (κ1) is 12.9. The topological polar surface area (TPSA) is 12.4 Å². The minimum atomic E-state index is 0.998. The van der Waals surface area contributed by atoms with Crippen molar-refractivity contribution in [1.29, 1.82) is 0 Å². The fraction of sp³-hybridized carbons (Fsp3) is 0.188. The normalized spacial score (nSPS) is 11.1. The Morgan fingerprint density at radius 2 is 1.72 bits per heavy atom. The first-order valence-electron chi connectivity index (χ1n) is 5.98. The van der Waals surface area contributed by atoms with E-state index in [-0.39, 0.29) is 0 Å². The Kier molecular flexibility index (Phi) is 3.87. The van der Waals surface area contributed by atoms with Crippen molar-refractivity contribution >= 4 is 24.5 Å². The van der Waals surface area contributed by atoms with Crippen molar-refractivity contribution in [2.24, 2.45) is 4.99 Å². The maximum absolute atomic E-state index is 4.55. The number of benzene rings is 2. The second-order valence-electron chi connectivity index (χ2n) is 4.56. The summed E-state index contributed by atoms with van der Waals surface area (Å²) in [6.45, 7) is 6.22. The van der Waals surface area contributed by atoms with Gasteiger partial charge in [-0.3, -0.25) is 4.99 Å². The standard InChI is InChI=1S/C16H17NS/c1-11-8-13(3)16(18)14(9-11)10-17-15-7-5-4-6-12(15)2/h4-10,18H,1-3H3. The molecular weight excluding hydrogens is 238 g/mol. The molecule has 0 saturated carbocycles. The van der Waals surface area contributed by atoms with Crippen LogP contribution in [0.4, 0.5) is 5.69 Å². The molecule has 0 heterocycles. The minimum Gasteiger partial charge on any atom is -0.256 e. The molecule has 0 bridgehead atoms. The molecule has 0 radical (unpaired) electrons. The first-order valence-corrected chi connectivity index (χ1v) is 6.42. The van der Waals surface area contributed by atoms with Gasteiger partial charge < -0.3 is 0 Å². The molecule has 0 amide bonds. The third-order valence-corrected chi connectivity index (χ3v) is 3.54. The van der Waals surface area contributed by atoms with Crippen LogP contribution >= 0.6 is 12.6 Å². The largest absolute Gasteiger partial charge is 0.256 e. The van der Waals surface area contributed by atoms with Crippen LogP contribution in [0.25, 0.3) is 0 Å². The summed E-state index contributed by atoms with van der Waals surface area (Å²) in [5, 5.41) is 0. The highest BCUT2D eigenvalue weighted by molar-refractivity contribution is 7.80. The molecule has 0 saturated heterocycles. The summed E-state index contributed by atoms with van der Waals surface area (Å²) < 4.78 is 0. The summed E-state index contributed by atoms with van der Waals surface area (Å²) in [6, 6.07) is 12.4. The number of aryl methyl sites for hydroxylation is 3. The van der Waals surface area contributed by atoms with Crippen molar-refractivity contribution in [2.45, 2.75) is 25.7 Å². The fourth-order valence-electron chi connectivity index (χ4n) is 1.94. The molecule has 0 atom stereocenters. The van der Waals surface area contributed by atoms with E-state index in [9.17, 15) is 0 Å². The summed E-state index contributed by atoms with van der Waals surface area (Å²) in [4.78, 5) is 5.54. The van der Waals surface area contributed by atoms with E-state index in [0.717, 1.165) is 16.1 Å². The zero-order valence-electron chi connectivity index (χ0n) is 10.9. The number of nitrogens with zero attached hydrogens (tertiary/aromatic N) is 1. The van der Waals surface area contributed by atoms with Crippen LogP contribution in [0, 0.1) is 20.8 Å². The molecule has 2 rings (SSSR count). The predicted octanol–water partition coefficient (Wildman–Crippen LogP) is 4.65. The van der Waals surface area contributed by atoms with Crippen LogP contribution in [-0.4, -0.2) is 6.21 Å². The average Bonchev–Trinajstić information content (AvgIpc) is 2.33. The van der Waals surface area contributed by atoms with Crippen LogP contribution in [0.2, 0.25) is 0 Å². The molecule has 2 aromatic carbocycles. The molecule has 0 aliphatic carbocycles. The van der Waals surface area contributed by atoms with Gasteiger partial charge in [-0.25, -0.2) is 0 Å². The lowest BCUT2D eigenvalue weighted by Crippen LogP contribution is -1.89. The van der Waals surface area contributed by atoms with Crippen molar-refractivity contribution < 1.29 is 0 Å². The molecule has 0 spiro atoms. The molecule has 0 unspecified atom stereocenters. The first-order chi connectivity index (χ1) is 8.58. The number of rotatable bonds is 2. The quantitative estimate of drug-likeness (QED) is 0.592. The molecule has 0 aliphatic heterocycles. The number of hydrogen-bond donors (Lipinski definition) is 1. The van der Waals surface area contributed by atoms with Gasteiger partial charge >= 0.3 is 0 Å². The summed E-state index contributed by atoms with van der Waals surface area (Å²) in [6.07, 6.45) is 1.89. The second kappa shape index (κ2) is 5.40. The van der Waals surface area contributed by atoms with Crippen molar-refractivity contribution in [2.75, 3.05) is 0 Å². The molecule has 0 aliphatic rings. The summed E-state index contributed by atoms with van der Waals surface area (Å²) in [7, 11) is 0. The molecular formula is C16H17NS. The van der Waals surface area contributed by atoms with Gasteiger partial charge in [0.15, 0.2) is 0 Å². The van der Waals surface area contributed by atoms with Gasteiger partial charge in [-0.2, -0.15) is 0 Å². The van der Waals surface area contributed by atoms with E-state index in [1.807, 2.05) is 24.4 Å². The van der Waals surface area contributed by atoms with Gasteiger partial charge in [0, 0.05) is 16.7 Å². The maximum atomic E-state index is 4.55. The van der Waals surface area contributed by atoms with Gasteiger partial charge in [0.1, 0.15) is 0 Å². The van der Waals surface area contributed by atoms with E-state index in [1.54, 1.807) is 0 Å². The van der Waals surface area contributed by atoms with Gasteiger partial charge in [0.2, 0.25) is 0 Å².